The maximum Gasteiger partial charge on any atom is 0.270 e. The SMILES string of the molecule is CN=C1S/C(=C/c2ccc(-c3ccc([N+](=O)[O-])cc3Cl)o2)C(=O)N1C. The average Bonchev–Trinajstić information content (AvgIpc) is 3.15. The normalized spacial score (nSPS) is 17.7. The van der Waals surface area contributed by atoms with Crippen LogP contribution in [0.2, 0.25) is 5.02 Å². The molecule has 1 saturated heterocycles. The summed E-state index contributed by atoms with van der Waals surface area (Å²) in [7, 11) is 3.28. The van der Waals surface area contributed by atoms with Crippen LogP contribution in [-0.4, -0.2) is 35.0 Å². The topological polar surface area (TPSA) is 89.0 Å². The monoisotopic (exact) mass is 377 g/mol. The molecule has 9 heteroatoms. The lowest BCUT2D eigenvalue weighted by molar-refractivity contribution is -0.384. The van der Waals surface area contributed by atoms with Crippen LogP contribution in [0.15, 0.2) is 44.6 Å². The minimum atomic E-state index is -0.514. The van der Waals surface area contributed by atoms with Crippen molar-refractivity contribution in [3.63, 3.8) is 0 Å². The lowest BCUT2D eigenvalue weighted by Gasteiger charge is -2.04. The Morgan fingerprint density at radius 3 is 2.72 bits per heavy atom. The highest BCUT2D eigenvalue weighted by molar-refractivity contribution is 8.18. The van der Waals surface area contributed by atoms with Crippen molar-refractivity contribution in [2.75, 3.05) is 14.1 Å². The van der Waals surface area contributed by atoms with E-state index in [1.807, 2.05) is 0 Å². The van der Waals surface area contributed by atoms with Gasteiger partial charge in [-0.1, -0.05) is 11.6 Å². The van der Waals surface area contributed by atoms with Gasteiger partial charge < -0.3 is 4.42 Å². The van der Waals surface area contributed by atoms with Crippen molar-refractivity contribution in [3.05, 3.63) is 56.1 Å². The fourth-order valence-corrected chi connectivity index (χ4v) is 3.45. The van der Waals surface area contributed by atoms with Crippen LogP contribution in [-0.2, 0) is 4.79 Å². The van der Waals surface area contributed by atoms with Gasteiger partial charge in [0.05, 0.1) is 14.9 Å². The van der Waals surface area contributed by atoms with Crippen molar-refractivity contribution >= 4 is 46.2 Å². The quantitative estimate of drug-likeness (QED) is 0.457. The minimum Gasteiger partial charge on any atom is -0.457 e. The number of carbonyl (C=O) groups excluding carboxylic acids is 1. The number of non-ortho nitro benzene ring substituents is 1. The Kier molecular flexibility index (Phi) is 4.65. The standard InChI is InChI=1S/C16H12ClN3O4S/c1-18-16-19(2)15(21)14(25-16)8-10-4-6-13(24-10)11-5-3-9(20(22)23)7-12(11)17/h3-8H,1-2H3/b14-8+,18-16?. The molecule has 1 aromatic carbocycles. The first-order valence-electron chi connectivity index (χ1n) is 7.09. The Morgan fingerprint density at radius 1 is 1.36 bits per heavy atom. The van der Waals surface area contributed by atoms with E-state index in [0.29, 0.717) is 27.2 Å². The molecule has 0 radical (unpaired) electrons. The molecule has 7 nitrogen and oxygen atoms in total. The van der Waals surface area contributed by atoms with Crippen LogP contribution < -0.4 is 0 Å². The van der Waals surface area contributed by atoms with Gasteiger partial charge in [-0.25, -0.2) is 0 Å². The Labute approximate surface area is 152 Å². The fourth-order valence-electron chi connectivity index (χ4n) is 2.27. The van der Waals surface area contributed by atoms with Crippen LogP contribution in [0.1, 0.15) is 5.76 Å². The predicted molar refractivity (Wildman–Crippen MR) is 97.5 cm³/mol. The van der Waals surface area contributed by atoms with Crippen molar-refractivity contribution in [3.8, 4) is 11.3 Å². The lowest BCUT2D eigenvalue weighted by Crippen LogP contribution is -2.23. The third-order valence-corrected chi connectivity index (χ3v) is 4.99. The van der Waals surface area contributed by atoms with Gasteiger partial charge in [0.25, 0.3) is 11.6 Å². The molecule has 25 heavy (non-hydrogen) atoms. The van der Waals surface area contributed by atoms with E-state index in [9.17, 15) is 14.9 Å². The summed E-state index contributed by atoms with van der Waals surface area (Å²) in [5, 5.41) is 11.6. The van der Waals surface area contributed by atoms with Crippen LogP contribution >= 0.6 is 23.4 Å². The van der Waals surface area contributed by atoms with Crippen LogP contribution in [0.25, 0.3) is 17.4 Å². The second-order valence-electron chi connectivity index (χ2n) is 5.10. The minimum absolute atomic E-state index is 0.0926. The molecule has 1 aliphatic rings. The first-order valence-corrected chi connectivity index (χ1v) is 8.28. The van der Waals surface area contributed by atoms with Crippen molar-refractivity contribution in [2.45, 2.75) is 0 Å². The van der Waals surface area contributed by atoms with Crippen LogP contribution in [0.4, 0.5) is 5.69 Å². The molecular formula is C16H12ClN3O4S. The molecule has 0 N–H and O–H groups in total. The third kappa shape index (κ3) is 3.31. The molecular weight excluding hydrogens is 366 g/mol. The molecule has 0 bridgehead atoms. The number of furan rings is 1. The van der Waals surface area contributed by atoms with Crippen molar-refractivity contribution in [1.29, 1.82) is 0 Å². The van der Waals surface area contributed by atoms with E-state index in [1.54, 1.807) is 32.3 Å². The summed E-state index contributed by atoms with van der Waals surface area (Å²) in [5.41, 5.74) is 0.445. The summed E-state index contributed by atoms with van der Waals surface area (Å²) in [4.78, 5) is 28.4. The van der Waals surface area contributed by atoms with E-state index in [1.165, 1.54) is 34.9 Å². The number of carbonyl (C=O) groups is 1. The Balaban J connectivity index is 1.90. The highest BCUT2D eigenvalue weighted by Crippen LogP contribution is 2.35. The number of rotatable bonds is 3. The van der Waals surface area contributed by atoms with E-state index in [4.69, 9.17) is 16.0 Å². The van der Waals surface area contributed by atoms with Crippen LogP contribution in [0.3, 0.4) is 0 Å². The van der Waals surface area contributed by atoms with E-state index in [-0.39, 0.29) is 16.6 Å². The first kappa shape index (κ1) is 17.2. The maximum atomic E-state index is 12.1. The number of hydrogen-bond acceptors (Lipinski definition) is 6. The highest BCUT2D eigenvalue weighted by atomic mass is 35.5. The number of aliphatic imine (C=N–C) groups is 1. The average molecular weight is 378 g/mol. The lowest BCUT2D eigenvalue weighted by atomic mass is 10.1. The van der Waals surface area contributed by atoms with Gasteiger partial charge in [-0.05, 0) is 30.0 Å². The number of halogens is 1. The summed E-state index contributed by atoms with van der Waals surface area (Å²) in [6.07, 6.45) is 1.63. The van der Waals surface area contributed by atoms with Crippen molar-refractivity contribution in [1.82, 2.24) is 4.90 Å². The second kappa shape index (κ2) is 6.73. The Morgan fingerprint density at radius 2 is 2.12 bits per heavy atom. The molecule has 2 aromatic rings. The second-order valence-corrected chi connectivity index (χ2v) is 6.52. The number of amidine groups is 1. The van der Waals surface area contributed by atoms with Crippen LogP contribution in [0, 0.1) is 10.1 Å². The molecule has 1 aromatic heterocycles. The van der Waals surface area contributed by atoms with Crippen molar-refractivity contribution in [2.24, 2.45) is 4.99 Å². The summed E-state index contributed by atoms with van der Waals surface area (Å²) in [6, 6.07) is 7.56. The zero-order valence-corrected chi connectivity index (χ0v) is 14.8. The number of hydrogen-bond donors (Lipinski definition) is 0. The van der Waals surface area contributed by atoms with Crippen LogP contribution in [0.5, 0.6) is 0 Å². The summed E-state index contributed by atoms with van der Waals surface area (Å²) < 4.78 is 5.71. The van der Waals surface area contributed by atoms with E-state index in [2.05, 4.69) is 4.99 Å². The fraction of sp³-hybridized carbons (Fsp3) is 0.125. The number of benzene rings is 1. The number of nitro groups is 1. The molecule has 0 spiro atoms. The van der Waals surface area contributed by atoms with Gasteiger partial charge in [0.15, 0.2) is 5.17 Å². The zero-order chi connectivity index (χ0) is 18.1. The van der Waals surface area contributed by atoms with Gasteiger partial charge in [-0.15, -0.1) is 0 Å². The molecule has 0 aliphatic carbocycles. The van der Waals surface area contributed by atoms with Gasteiger partial charge in [0, 0.05) is 37.9 Å². The molecule has 128 valence electrons. The molecule has 1 aliphatic heterocycles. The molecule has 0 unspecified atom stereocenters. The van der Waals surface area contributed by atoms with Gasteiger partial charge in [-0.3, -0.25) is 24.8 Å². The number of thioether (sulfide) groups is 1. The predicted octanol–water partition coefficient (Wildman–Crippen LogP) is 4.04. The van der Waals surface area contributed by atoms with E-state index < -0.39 is 4.92 Å². The van der Waals surface area contributed by atoms with Gasteiger partial charge in [0.2, 0.25) is 0 Å². The Bertz CT molecular complexity index is 935. The molecule has 0 saturated carbocycles. The molecule has 0 atom stereocenters. The summed E-state index contributed by atoms with van der Waals surface area (Å²) in [6.45, 7) is 0. The van der Waals surface area contributed by atoms with E-state index in [0.717, 1.165) is 0 Å². The molecule has 1 amide bonds. The van der Waals surface area contributed by atoms with Crippen molar-refractivity contribution < 1.29 is 14.1 Å². The number of likely N-dealkylation sites (N-methyl/N-ethyl adjacent to an activating group) is 1. The maximum absolute atomic E-state index is 12.1. The summed E-state index contributed by atoms with van der Waals surface area (Å²) >= 11 is 7.37. The number of nitrogens with zero attached hydrogens (tertiary/aromatic N) is 3. The van der Waals surface area contributed by atoms with Gasteiger partial charge >= 0.3 is 0 Å². The summed E-state index contributed by atoms with van der Waals surface area (Å²) in [5.74, 6) is 0.780. The van der Waals surface area contributed by atoms with Gasteiger partial charge in [0.1, 0.15) is 11.5 Å². The first-order chi connectivity index (χ1) is 11.9. The zero-order valence-electron chi connectivity index (χ0n) is 13.2. The van der Waals surface area contributed by atoms with E-state index >= 15 is 0 Å². The highest BCUT2D eigenvalue weighted by Gasteiger charge is 2.30. The number of nitro benzene ring substituents is 1. The van der Waals surface area contributed by atoms with Gasteiger partial charge in [-0.2, -0.15) is 0 Å². The molecule has 2 heterocycles. The largest absolute Gasteiger partial charge is 0.457 e. The third-order valence-electron chi connectivity index (χ3n) is 3.52. The molecule has 3 rings (SSSR count). The molecule has 1 fully saturated rings. The Hall–Kier alpha value is -2.58. The smallest absolute Gasteiger partial charge is 0.270 e. The number of amides is 1.